The molecular formula is C26H32O10. The minimum absolute atomic E-state index is 0.101. The minimum atomic E-state index is -0.692. The summed E-state index contributed by atoms with van der Waals surface area (Å²) in [5.74, 6) is -2.40. The predicted octanol–water partition coefficient (Wildman–Crippen LogP) is 3.62. The molecule has 3 rings (SSSR count). The quantitative estimate of drug-likeness (QED) is 0.463. The summed E-state index contributed by atoms with van der Waals surface area (Å²) >= 11 is 0. The third kappa shape index (κ3) is 4.67. The van der Waals surface area contributed by atoms with Crippen molar-refractivity contribution in [2.24, 2.45) is 0 Å². The molecule has 0 saturated heterocycles. The van der Waals surface area contributed by atoms with Gasteiger partial charge in [-0.15, -0.1) is 0 Å². The third-order valence-corrected chi connectivity index (χ3v) is 6.23. The molecule has 2 atom stereocenters. The maximum Gasteiger partial charge on any atom is 0.306 e. The molecule has 2 aromatic rings. The van der Waals surface area contributed by atoms with Gasteiger partial charge in [-0.05, 0) is 37.1 Å². The zero-order valence-corrected chi connectivity index (χ0v) is 21.3. The second kappa shape index (κ2) is 11.3. The fraction of sp³-hybridized carbons (Fsp3) is 0.462. The van der Waals surface area contributed by atoms with Crippen molar-refractivity contribution in [2.45, 2.75) is 38.5 Å². The van der Waals surface area contributed by atoms with Gasteiger partial charge in [0.05, 0.1) is 54.5 Å². The number of aromatic hydroxyl groups is 2. The lowest BCUT2D eigenvalue weighted by atomic mass is 9.69. The topological polar surface area (TPSA) is 130 Å². The molecule has 10 heteroatoms. The number of rotatable bonds is 10. The maximum absolute atomic E-state index is 12.7. The lowest BCUT2D eigenvalue weighted by molar-refractivity contribution is -0.144. The molecule has 0 aliphatic heterocycles. The van der Waals surface area contributed by atoms with Crippen LogP contribution < -0.4 is 18.9 Å². The Morgan fingerprint density at radius 1 is 0.694 bits per heavy atom. The molecule has 1 aliphatic rings. The van der Waals surface area contributed by atoms with Crippen molar-refractivity contribution in [2.75, 3.05) is 41.7 Å². The van der Waals surface area contributed by atoms with Gasteiger partial charge in [-0.3, -0.25) is 9.59 Å². The number of fused-ring (bicyclic) bond motifs is 2. The summed E-state index contributed by atoms with van der Waals surface area (Å²) in [5, 5.41) is 21.8. The Morgan fingerprint density at radius 2 is 1.06 bits per heavy atom. The van der Waals surface area contributed by atoms with Crippen molar-refractivity contribution in [3.63, 3.8) is 0 Å². The van der Waals surface area contributed by atoms with Crippen LogP contribution in [0.4, 0.5) is 0 Å². The van der Waals surface area contributed by atoms with E-state index in [4.69, 9.17) is 28.4 Å². The molecule has 0 radical (unpaired) electrons. The number of hydrogen-bond donors (Lipinski definition) is 2. The monoisotopic (exact) mass is 504 g/mol. The average Bonchev–Trinajstić information content (AvgIpc) is 2.85. The van der Waals surface area contributed by atoms with E-state index >= 15 is 0 Å². The Morgan fingerprint density at radius 3 is 1.33 bits per heavy atom. The molecule has 0 aromatic heterocycles. The minimum Gasteiger partial charge on any atom is -0.502 e. The van der Waals surface area contributed by atoms with Crippen molar-refractivity contribution in [1.29, 1.82) is 0 Å². The van der Waals surface area contributed by atoms with Gasteiger partial charge >= 0.3 is 11.9 Å². The number of methoxy groups -OCH3 is 4. The Balaban J connectivity index is 2.44. The summed E-state index contributed by atoms with van der Waals surface area (Å²) in [6.45, 7) is 3.78. The molecule has 0 heterocycles. The van der Waals surface area contributed by atoms with Gasteiger partial charge in [0.15, 0.2) is 23.0 Å². The Hall–Kier alpha value is -3.82. The second-order valence-corrected chi connectivity index (χ2v) is 8.05. The van der Waals surface area contributed by atoms with E-state index in [0.717, 1.165) is 0 Å². The molecule has 36 heavy (non-hydrogen) atoms. The van der Waals surface area contributed by atoms with Crippen LogP contribution in [0.15, 0.2) is 12.1 Å². The standard InChI is InChI=1S/C26H32O10/c1-7-35-19(27)11-15-13-9-17(31-3)24(30)26(34-6)22(13)16(12-20(28)36-8-2)14-10-18(32-4)23(29)25(33-5)21(14)15/h9-10,15-16,29-30H,7-8,11-12H2,1-6H3/t15-,16+. The van der Waals surface area contributed by atoms with E-state index in [1.54, 1.807) is 26.0 Å². The lowest BCUT2D eigenvalue weighted by Crippen LogP contribution is -2.25. The van der Waals surface area contributed by atoms with Gasteiger partial charge < -0.3 is 38.6 Å². The Bertz CT molecular complexity index is 1050. The first kappa shape index (κ1) is 26.8. The van der Waals surface area contributed by atoms with E-state index in [9.17, 15) is 19.8 Å². The van der Waals surface area contributed by atoms with Gasteiger partial charge in [-0.25, -0.2) is 0 Å². The fourth-order valence-corrected chi connectivity index (χ4v) is 4.84. The van der Waals surface area contributed by atoms with E-state index in [1.165, 1.54) is 28.4 Å². The van der Waals surface area contributed by atoms with Crippen molar-refractivity contribution in [3.8, 4) is 34.5 Å². The highest BCUT2D eigenvalue weighted by atomic mass is 16.5. The number of benzene rings is 2. The number of phenolic OH excluding ortho intramolecular Hbond substituents is 2. The lowest BCUT2D eigenvalue weighted by Gasteiger charge is -2.36. The normalized spacial score (nSPS) is 15.8. The Labute approximate surface area is 209 Å². The molecule has 0 unspecified atom stereocenters. The van der Waals surface area contributed by atoms with Gasteiger partial charge in [-0.1, -0.05) is 0 Å². The van der Waals surface area contributed by atoms with Crippen LogP contribution in [0, 0.1) is 0 Å². The van der Waals surface area contributed by atoms with Gasteiger partial charge in [0.2, 0.25) is 11.5 Å². The smallest absolute Gasteiger partial charge is 0.306 e. The van der Waals surface area contributed by atoms with Gasteiger partial charge in [0.1, 0.15) is 0 Å². The molecule has 2 aromatic carbocycles. The number of phenols is 2. The molecule has 0 spiro atoms. The summed E-state index contributed by atoms with van der Waals surface area (Å²) in [6, 6.07) is 3.19. The van der Waals surface area contributed by atoms with Crippen LogP contribution in [0.1, 0.15) is 60.8 Å². The van der Waals surface area contributed by atoms with Crippen LogP contribution in [0.2, 0.25) is 0 Å². The van der Waals surface area contributed by atoms with E-state index in [-0.39, 0.29) is 60.6 Å². The largest absolute Gasteiger partial charge is 0.502 e. The summed E-state index contributed by atoms with van der Waals surface area (Å²) < 4.78 is 32.4. The average molecular weight is 505 g/mol. The number of carbonyl (C=O) groups is 2. The highest BCUT2D eigenvalue weighted by molar-refractivity contribution is 5.79. The van der Waals surface area contributed by atoms with Crippen LogP contribution in [0.3, 0.4) is 0 Å². The van der Waals surface area contributed by atoms with Crippen molar-refractivity contribution < 1.29 is 48.2 Å². The number of hydrogen-bond acceptors (Lipinski definition) is 10. The molecular weight excluding hydrogens is 472 g/mol. The van der Waals surface area contributed by atoms with Crippen molar-refractivity contribution >= 4 is 11.9 Å². The summed E-state index contributed by atoms with van der Waals surface area (Å²) in [5.41, 5.74) is 2.08. The van der Waals surface area contributed by atoms with Crippen LogP contribution in [-0.2, 0) is 19.1 Å². The van der Waals surface area contributed by atoms with Crippen LogP contribution >= 0.6 is 0 Å². The predicted molar refractivity (Wildman–Crippen MR) is 129 cm³/mol. The maximum atomic E-state index is 12.7. The molecule has 1 aliphatic carbocycles. The molecule has 0 saturated carbocycles. The van der Waals surface area contributed by atoms with Crippen molar-refractivity contribution in [3.05, 3.63) is 34.4 Å². The number of carbonyl (C=O) groups excluding carboxylic acids is 2. The van der Waals surface area contributed by atoms with E-state index in [1.807, 2.05) is 0 Å². The van der Waals surface area contributed by atoms with Crippen LogP contribution in [-0.4, -0.2) is 63.8 Å². The Kier molecular flexibility index (Phi) is 8.39. The highest BCUT2D eigenvalue weighted by Gasteiger charge is 2.42. The van der Waals surface area contributed by atoms with E-state index in [0.29, 0.717) is 22.3 Å². The molecule has 196 valence electrons. The number of esters is 2. The van der Waals surface area contributed by atoms with E-state index < -0.39 is 23.8 Å². The first-order valence-corrected chi connectivity index (χ1v) is 11.5. The first-order chi connectivity index (χ1) is 17.3. The molecule has 0 bridgehead atoms. The summed E-state index contributed by atoms with van der Waals surface area (Å²) in [6.07, 6.45) is -0.224. The molecule has 0 fully saturated rings. The van der Waals surface area contributed by atoms with Gasteiger partial charge in [0.25, 0.3) is 0 Å². The molecule has 0 amide bonds. The summed E-state index contributed by atoms with van der Waals surface area (Å²) in [7, 11) is 5.57. The van der Waals surface area contributed by atoms with Gasteiger partial charge in [-0.2, -0.15) is 0 Å². The summed E-state index contributed by atoms with van der Waals surface area (Å²) in [4.78, 5) is 25.4. The van der Waals surface area contributed by atoms with Crippen molar-refractivity contribution in [1.82, 2.24) is 0 Å². The third-order valence-electron chi connectivity index (χ3n) is 6.23. The number of ether oxygens (including phenoxy) is 6. The molecule has 10 nitrogen and oxygen atoms in total. The first-order valence-electron chi connectivity index (χ1n) is 11.5. The highest BCUT2D eigenvalue weighted by Crippen LogP contribution is 2.59. The van der Waals surface area contributed by atoms with Gasteiger partial charge in [0, 0.05) is 23.0 Å². The van der Waals surface area contributed by atoms with Crippen LogP contribution in [0.5, 0.6) is 34.5 Å². The van der Waals surface area contributed by atoms with Crippen LogP contribution in [0.25, 0.3) is 0 Å². The SMILES string of the molecule is CCOC(=O)C[C@@H]1c2cc(OC)c(O)c(OC)c2[C@@H](CC(=O)OCC)c2cc(OC)c(O)c(OC)c21. The zero-order valence-electron chi connectivity index (χ0n) is 21.3. The second-order valence-electron chi connectivity index (χ2n) is 8.05. The fourth-order valence-electron chi connectivity index (χ4n) is 4.84. The molecule has 2 N–H and O–H groups in total. The van der Waals surface area contributed by atoms with E-state index in [2.05, 4.69) is 0 Å². The zero-order chi connectivity index (χ0) is 26.6.